The van der Waals surface area contributed by atoms with Gasteiger partial charge in [0.1, 0.15) is 5.75 Å². The second kappa shape index (κ2) is 10.0. The van der Waals surface area contributed by atoms with Crippen LogP contribution in [-0.2, 0) is 0 Å². The third kappa shape index (κ3) is 4.84. The Kier molecular flexibility index (Phi) is 6.51. The second-order valence-electron chi connectivity index (χ2n) is 8.63. The summed E-state index contributed by atoms with van der Waals surface area (Å²) < 4.78 is 5.50. The smallest absolute Gasteiger partial charge is 0.250 e. The fraction of sp³-hybridized carbons (Fsp3) is 0.440. The summed E-state index contributed by atoms with van der Waals surface area (Å²) in [6.07, 6.45) is 9.06. The molecule has 0 aliphatic carbocycles. The van der Waals surface area contributed by atoms with Gasteiger partial charge in [0.15, 0.2) is 0 Å². The van der Waals surface area contributed by atoms with Crippen molar-refractivity contribution in [1.29, 1.82) is 0 Å². The van der Waals surface area contributed by atoms with Crippen molar-refractivity contribution in [3.05, 3.63) is 42.0 Å². The molecule has 2 fully saturated rings. The molecule has 0 saturated carbocycles. The lowest BCUT2D eigenvalue weighted by Crippen LogP contribution is -2.34. The van der Waals surface area contributed by atoms with Gasteiger partial charge in [0.05, 0.1) is 13.3 Å². The first-order valence-corrected chi connectivity index (χ1v) is 11.9. The quantitative estimate of drug-likeness (QED) is 0.443. The molecule has 8 heteroatoms. The van der Waals surface area contributed by atoms with Crippen LogP contribution < -0.4 is 20.0 Å². The number of nitrogens with one attached hydrogen (secondary N) is 1. The number of benzene rings is 2. The third-order valence-electron chi connectivity index (χ3n) is 6.40. The number of nitrogens with zero attached hydrogens (tertiary/aromatic N) is 6. The first kappa shape index (κ1) is 21.4. The van der Waals surface area contributed by atoms with Crippen molar-refractivity contribution in [2.75, 3.05) is 48.5 Å². The molecule has 0 atom stereocenters. The fourth-order valence-corrected chi connectivity index (χ4v) is 4.62. The lowest BCUT2D eigenvalue weighted by Gasteiger charge is -2.30. The minimum Gasteiger partial charge on any atom is -0.496 e. The number of piperidine rings is 2. The van der Waals surface area contributed by atoms with E-state index >= 15 is 0 Å². The molecule has 2 aliphatic heterocycles. The number of aromatic nitrogens is 3. The molecule has 0 amide bonds. The van der Waals surface area contributed by atoms with Crippen molar-refractivity contribution < 1.29 is 4.74 Å². The van der Waals surface area contributed by atoms with Crippen LogP contribution in [0.3, 0.4) is 0 Å². The maximum atomic E-state index is 5.50. The Morgan fingerprint density at radius 1 is 0.788 bits per heavy atom. The number of rotatable bonds is 6. The van der Waals surface area contributed by atoms with Crippen LogP contribution in [0.25, 0.3) is 10.8 Å². The van der Waals surface area contributed by atoms with Gasteiger partial charge in [-0.2, -0.15) is 20.1 Å². The molecular weight excluding hydrogens is 414 g/mol. The Morgan fingerprint density at radius 2 is 1.39 bits per heavy atom. The van der Waals surface area contributed by atoms with E-state index in [1.165, 1.54) is 38.5 Å². The van der Waals surface area contributed by atoms with Crippen LogP contribution in [0.1, 0.15) is 44.1 Å². The molecule has 5 rings (SSSR count). The van der Waals surface area contributed by atoms with Gasteiger partial charge in [-0.1, -0.05) is 24.3 Å². The van der Waals surface area contributed by atoms with Gasteiger partial charge in [0.25, 0.3) is 0 Å². The molecule has 0 radical (unpaired) electrons. The topological polar surface area (TPSA) is 78.8 Å². The van der Waals surface area contributed by atoms with Crippen molar-refractivity contribution >= 4 is 34.8 Å². The second-order valence-corrected chi connectivity index (χ2v) is 8.63. The van der Waals surface area contributed by atoms with Crippen molar-refractivity contribution in [3.8, 4) is 5.75 Å². The Morgan fingerprint density at radius 3 is 2.00 bits per heavy atom. The minimum absolute atomic E-state index is 0.486. The number of hydrogen-bond donors (Lipinski definition) is 1. The van der Waals surface area contributed by atoms with Crippen LogP contribution in [0.5, 0.6) is 5.75 Å². The molecule has 3 heterocycles. The van der Waals surface area contributed by atoms with Crippen molar-refractivity contribution in [3.63, 3.8) is 0 Å². The highest BCUT2D eigenvalue weighted by atomic mass is 16.5. The predicted molar refractivity (Wildman–Crippen MR) is 134 cm³/mol. The van der Waals surface area contributed by atoms with E-state index in [4.69, 9.17) is 19.7 Å². The van der Waals surface area contributed by atoms with Crippen LogP contribution in [0.4, 0.5) is 17.8 Å². The van der Waals surface area contributed by atoms with Crippen LogP contribution in [-0.4, -0.2) is 54.5 Å². The van der Waals surface area contributed by atoms with Crippen LogP contribution in [0, 0.1) is 0 Å². The van der Waals surface area contributed by atoms with Crippen molar-refractivity contribution in [1.82, 2.24) is 15.0 Å². The van der Waals surface area contributed by atoms with E-state index in [2.05, 4.69) is 32.5 Å². The lowest BCUT2D eigenvalue weighted by molar-refractivity contribution is 0.420. The number of hydrazone groups is 1. The summed E-state index contributed by atoms with van der Waals surface area (Å²) in [5.74, 6) is 2.83. The molecule has 8 nitrogen and oxygen atoms in total. The van der Waals surface area contributed by atoms with E-state index in [-0.39, 0.29) is 0 Å². The zero-order valence-corrected chi connectivity index (χ0v) is 19.2. The van der Waals surface area contributed by atoms with E-state index < -0.39 is 0 Å². The fourth-order valence-electron chi connectivity index (χ4n) is 4.62. The van der Waals surface area contributed by atoms with Gasteiger partial charge in [-0.05, 0) is 56.0 Å². The highest BCUT2D eigenvalue weighted by molar-refractivity contribution is 6.02. The normalized spacial score (nSPS) is 17.0. The van der Waals surface area contributed by atoms with E-state index in [0.717, 1.165) is 60.2 Å². The zero-order valence-electron chi connectivity index (χ0n) is 19.2. The minimum atomic E-state index is 0.486. The molecule has 0 bridgehead atoms. The van der Waals surface area contributed by atoms with Crippen molar-refractivity contribution in [2.24, 2.45) is 5.10 Å². The van der Waals surface area contributed by atoms with Crippen molar-refractivity contribution in [2.45, 2.75) is 38.5 Å². The van der Waals surface area contributed by atoms with Gasteiger partial charge in [0.2, 0.25) is 17.8 Å². The predicted octanol–water partition coefficient (Wildman–Crippen LogP) is 4.46. The number of fused-ring (bicyclic) bond motifs is 1. The maximum Gasteiger partial charge on any atom is 0.250 e. The average molecular weight is 446 g/mol. The monoisotopic (exact) mass is 445 g/mol. The molecule has 3 aromatic rings. The molecule has 172 valence electrons. The molecular formula is C25H31N7O. The van der Waals surface area contributed by atoms with Gasteiger partial charge in [-0.15, -0.1) is 0 Å². The zero-order chi connectivity index (χ0) is 22.5. The van der Waals surface area contributed by atoms with Crippen LogP contribution in [0.2, 0.25) is 0 Å². The van der Waals surface area contributed by atoms with Gasteiger partial charge >= 0.3 is 0 Å². The summed E-state index contributed by atoms with van der Waals surface area (Å²) in [6, 6.07) is 12.1. The Labute approximate surface area is 194 Å². The molecule has 1 aromatic heterocycles. The first-order chi connectivity index (χ1) is 16.3. The number of ether oxygens (including phenoxy) is 1. The number of hydrogen-bond acceptors (Lipinski definition) is 8. The van der Waals surface area contributed by atoms with E-state index in [0.29, 0.717) is 5.95 Å². The number of methoxy groups -OCH3 is 1. The molecule has 0 spiro atoms. The largest absolute Gasteiger partial charge is 0.496 e. The molecule has 1 N–H and O–H groups in total. The summed E-state index contributed by atoms with van der Waals surface area (Å²) >= 11 is 0. The summed E-state index contributed by atoms with van der Waals surface area (Å²) in [6.45, 7) is 3.96. The van der Waals surface area contributed by atoms with Crippen LogP contribution >= 0.6 is 0 Å². The summed E-state index contributed by atoms with van der Waals surface area (Å²) in [7, 11) is 1.69. The van der Waals surface area contributed by atoms with E-state index in [9.17, 15) is 0 Å². The molecule has 2 saturated heterocycles. The van der Waals surface area contributed by atoms with Gasteiger partial charge in [-0.25, -0.2) is 5.43 Å². The average Bonchev–Trinajstić information content (AvgIpc) is 2.89. The van der Waals surface area contributed by atoms with Gasteiger partial charge < -0.3 is 14.5 Å². The summed E-state index contributed by atoms with van der Waals surface area (Å²) in [4.78, 5) is 18.8. The highest BCUT2D eigenvalue weighted by Gasteiger charge is 2.20. The van der Waals surface area contributed by atoms with Crippen LogP contribution in [0.15, 0.2) is 41.5 Å². The van der Waals surface area contributed by atoms with E-state index in [1.54, 1.807) is 7.11 Å². The Bertz CT molecular complexity index is 1080. The molecule has 33 heavy (non-hydrogen) atoms. The SMILES string of the molecule is COc1ccc(/C=N\Nc2nc(N3CCCCC3)nc(N3CCCCC3)n2)c2ccccc12. The van der Waals surface area contributed by atoms with E-state index in [1.807, 2.05) is 30.5 Å². The lowest BCUT2D eigenvalue weighted by atomic mass is 10.0. The third-order valence-corrected chi connectivity index (χ3v) is 6.40. The Balaban J connectivity index is 1.41. The molecule has 2 aromatic carbocycles. The molecule has 0 unspecified atom stereocenters. The number of anilines is 3. The first-order valence-electron chi connectivity index (χ1n) is 11.9. The Hall–Kier alpha value is -3.42. The van der Waals surface area contributed by atoms with Gasteiger partial charge in [-0.3, -0.25) is 0 Å². The van der Waals surface area contributed by atoms with Gasteiger partial charge in [0, 0.05) is 37.1 Å². The molecule has 2 aliphatic rings. The summed E-state index contributed by atoms with van der Waals surface area (Å²) in [5.41, 5.74) is 4.07. The maximum absolute atomic E-state index is 5.50. The summed E-state index contributed by atoms with van der Waals surface area (Å²) in [5, 5.41) is 6.63. The standard InChI is InChI=1S/C25H31N7O/c1-33-22-13-12-19(20-10-4-5-11-21(20)22)18-26-30-23-27-24(31-14-6-2-7-15-31)29-25(28-23)32-16-8-3-9-17-32/h4-5,10-13,18H,2-3,6-9,14-17H2,1H3,(H,27,28,29,30)/b26-18-. The highest BCUT2D eigenvalue weighted by Crippen LogP contribution is 2.27.